The summed E-state index contributed by atoms with van der Waals surface area (Å²) in [5, 5.41) is 23.3. The maximum atomic E-state index is 10.2. The van der Waals surface area contributed by atoms with Gasteiger partial charge in [0.1, 0.15) is 5.75 Å². The van der Waals surface area contributed by atoms with Crippen molar-refractivity contribution in [2.24, 2.45) is 0 Å². The van der Waals surface area contributed by atoms with Crippen molar-refractivity contribution in [3.8, 4) is 5.75 Å². The Morgan fingerprint density at radius 3 is 2.70 bits per heavy atom. The van der Waals surface area contributed by atoms with Gasteiger partial charge < -0.3 is 15.5 Å². The van der Waals surface area contributed by atoms with Crippen LogP contribution in [0.15, 0.2) is 43.0 Å². The van der Waals surface area contributed by atoms with E-state index in [0.29, 0.717) is 10.6 Å². The highest BCUT2D eigenvalue weighted by Crippen LogP contribution is 2.29. The Balaban J connectivity index is 2.27. The average molecular weight is 290 g/mol. The number of hydrogen-bond donors (Lipinski definition) is 3. The number of aliphatic hydroxyl groups excluding tert-OH is 1. The van der Waals surface area contributed by atoms with Gasteiger partial charge in [0.15, 0.2) is 6.23 Å². The molecule has 0 aliphatic rings. The third-order valence-electron chi connectivity index (χ3n) is 2.92. The van der Waals surface area contributed by atoms with E-state index in [1.54, 1.807) is 12.1 Å². The van der Waals surface area contributed by atoms with Gasteiger partial charge in [-0.3, -0.25) is 0 Å². The summed E-state index contributed by atoms with van der Waals surface area (Å²) in [7, 11) is 0. The van der Waals surface area contributed by atoms with Gasteiger partial charge in [0.05, 0.1) is 0 Å². The van der Waals surface area contributed by atoms with Crippen molar-refractivity contribution < 1.29 is 10.2 Å². The number of aryl methyl sites for hydroxylation is 1. The predicted molar refractivity (Wildman–Crippen MR) is 83.0 cm³/mol. The second kappa shape index (κ2) is 5.99. The van der Waals surface area contributed by atoms with Crippen LogP contribution >= 0.6 is 11.6 Å². The SMILES string of the molecule is C=Cc1cc(C)cc(NC(O)c2cc(Cl)ccc2O)c1. The number of rotatable bonds is 4. The van der Waals surface area contributed by atoms with Crippen LogP contribution in [0.4, 0.5) is 5.69 Å². The molecule has 2 rings (SSSR count). The van der Waals surface area contributed by atoms with E-state index in [1.807, 2.05) is 25.1 Å². The van der Waals surface area contributed by atoms with Gasteiger partial charge in [0.25, 0.3) is 0 Å². The summed E-state index contributed by atoms with van der Waals surface area (Å²) < 4.78 is 0. The lowest BCUT2D eigenvalue weighted by atomic mass is 10.1. The first-order chi connectivity index (χ1) is 9.49. The lowest BCUT2D eigenvalue weighted by molar-refractivity contribution is 0.204. The molecule has 1 atom stereocenters. The van der Waals surface area contributed by atoms with Crippen molar-refractivity contribution in [3.05, 3.63) is 64.7 Å². The van der Waals surface area contributed by atoms with Gasteiger partial charge in [-0.2, -0.15) is 0 Å². The summed E-state index contributed by atoms with van der Waals surface area (Å²) in [5.74, 6) is -0.00834. The minimum atomic E-state index is -1.05. The summed E-state index contributed by atoms with van der Waals surface area (Å²) in [6, 6.07) is 10.3. The molecule has 104 valence electrons. The number of benzene rings is 2. The third kappa shape index (κ3) is 3.32. The summed E-state index contributed by atoms with van der Waals surface area (Å²) in [6.07, 6.45) is 0.690. The minimum absolute atomic E-state index is 0.00834. The normalized spacial score (nSPS) is 11.9. The number of nitrogens with one attached hydrogen (secondary N) is 1. The second-order valence-electron chi connectivity index (χ2n) is 4.59. The van der Waals surface area contributed by atoms with Gasteiger partial charge in [-0.15, -0.1) is 0 Å². The van der Waals surface area contributed by atoms with Gasteiger partial charge in [0.2, 0.25) is 0 Å². The number of phenolic OH excluding ortho intramolecular Hbond substituents is 1. The molecule has 0 aromatic heterocycles. The number of aromatic hydroxyl groups is 1. The van der Waals surface area contributed by atoms with Crippen LogP contribution in [0, 0.1) is 6.92 Å². The topological polar surface area (TPSA) is 52.5 Å². The summed E-state index contributed by atoms with van der Waals surface area (Å²) in [5.41, 5.74) is 3.08. The van der Waals surface area contributed by atoms with Crippen LogP contribution in [0.1, 0.15) is 22.9 Å². The highest BCUT2D eigenvalue weighted by molar-refractivity contribution is 6.30. The zero-order valence-corrected chi connectivity index (χ0v) is 11.9. The third-order valence-corrected chi connectivity index (χ3v) is 3.16. The van der Waals surface area contributed by atoms with E-state index in [1.165, 1.54) is 12.1 Å². The van der Waals surface area contributed by atoms with Crippen LogP contribution < -0.4 is 5.32 Å². The van der Waals surface area contributed by atoms with E-state index in [2.05, 4.69) is 11.9 Å². The molecule has 0 spiro atoms. The number of anilines is 1. The Morgan fingerprint density at radius 1 is 1.25 bits per heavy atom. The molecule has 20 heavy (non-hydrogen) atoms. The molecule has 2 aromatic carbocycles. The molecule has 0 heterocycles. The van der Waals surface area contributed by atoms with E-state index in [9.17, 15) is 10.2 Å². The van der Waals surface area contributed by atoms with Crippen LogP contribution in [-0.2, 0) is 0 Å². The van der Waals surface area contributed by atoms with Crippen molar-refractivity contribution in [1.82, 2.24) is 0 Å². The van der Waals surface area contributed by atoms with E-state index in [0.717, 1.165) is 16.8 Å². The molecule has 0 aliphatic heterocycles. The quantitative estimate of drug-likeness (QED) is 0.743. The molecule has 3 nitrogen and oxygen atoms in total. The smallest absolute Gasteiger partial charge is 0.154 e. The summed E-state index contributed by atoms with van der Waals surface area (Å²) in [4.78, 5) is 0. The first-order valence-electron chi connectivity index (χ1n) is 6.17. The first-order valence-corrected chi connectivity index (χ1v) is 6.54. The van der Waals surface area contributed by atoms with E-state index >= 15 is 0 Å². The van der Waals surface area contributed by atoms with Crippen LogP contribution in [0.2, 0.25) is 5.02 Å². The largest absolute Gasteiger partial charge is 0.507 e. The Bertz CT molecular complexity index is 640. The van der Waals surface area contributed by atoms with Gasteiger partial charge in [-0.25, -0.2) is 0 Å². The molecule has 2 aromatic rings. The molecule has 0 radical (unpaired) electrons. The fourth-order valence-corrected chi connectivity index (χ4v) is 2.17. The van der Waals surface area contributed by atoms with Crippen molar-refractivity contribution >= 4 is 23.4 Å². The van der Waals surface area contributed by atoms with Gasteiger partial charge in [0, 0.05) is 16.3 Å². The second-order valence-corrected chi connectivity index (χ2v) is 5.02. The van der Waals surface area contributed by atoms with Crippen LogP contribution in [0.3, 0.4) is 0 Å². The Morgan fingerprint density at radius 2 is 2.00 bits per heavy atom. The zero-order chi connectivity index (χ0) is 14.7. The molecule has 0 saturated carbocycles. The van der Waals surface area contributed by atoms with Crippen molar-refractivity contribution in [3.63, 3.8) is 0 Å². The van der Waals surface area contributed by atoms with Crippen molar-refractivity contribution in [2.45, 2.75) is 13.2 Å². The van der Waals surface area contributed by atoms with E-state index < -0.39 is 6.23 Å². The molecular weight excluding hydrogens is 274 g/mol. The Kier molecular flexibility index (Phi) is 4.32. The average Bonchev–Trinajstić information content (AvgIpc) is 2.40. The van der Waals surface area contributed by atoms with Crippen LogP contribution in [0.5, 0.6) is 5.75 Å². The molecule has 1 unspecified atom stereocenters. The van der Waals surface area contributed by atoms with E-state index in [4.69, 9.17) is 11.6 Å². The lowest BCUT2D eigenvalue weighted by Crippen LogP contribution is -2.10. The number of phenols is 1. The minimum Gasteiger partial charge on any atom is -0.507 e. The molecular formula is C16H16ClNO2. The standard InChI is InChI=1S/C16H16ClNO2/c1-3-11-6-10(2)7-13(8-11)18-16(20)14-9-12(17)4-5-15(14)19/h3-9,16,18-20H,1H2,2H3. The number of hydrogen-bond acceptors (Lipinski definition) is 3. The molecule has 4 heteroatoms. The van der Waals surface area contributed by atoms with Crippen molar-refractivity contribution in [2.75, 3.05) is 5.32 Å². The Labute approximate surface area is 123 Å². The van der Waals surface area contributed by atoms with Gasteiger partial charge in [-0.1, -0.05) is 30.3 Å². The molecule has 0 fully saturated rings. The molecule has 0 saturated heterocycles. The van der Waals surface area contributed by atoms with Crippen LogP contribution in [-0.4, -0.2) is 10.2 Å². The highest BCUT2D eigenvalue weighted by atomic mass is 35.5. The summed E-state index contributed by atoms with van der Waals surface area (Å²) >= 11 is 5.87. The first kappa shape index (κ1) is 14.4. The fourth-order valence-electron chi connectivity index (χ4n) is 1.99. The molecule has 0 aliphatic carbocycles. The highest BCUT2D eigenvalue weighted by Gasteiger charge is 2.13. The summed E-state index contributed by atoms with van der Waals surface area (Å²) in [6.45, 7) is 5.69. The zero-order valence-electron chi connectivity index (χ0n) is 11.1. The Hall–Kier alpha value is -1.97. The maximum absolute atomic E-state index is 10.2. The van der Waals surface area contributed by atoms with Crippen molar-refractivity contribution in [1.29, 1.82) is 0 Å². The number of halogens is 1. The van der Waals surface area contributed by atoms with Gasteiger partial charge >= 0.3 is 0 Å². The maximum Gasteiger partial charge on any atom is 0.154 e. The van der Waals surface area contributed by atoms with Gasteiger partial charge in [-0.05, 0) is 48.4 Å². The fraction of sp³-hybridized carbons (Fsp3) is 0.125. The number of aliphatic hydroxyl groups is 1. The predicted octanol–water partition coefficient (Wildman–Crippen LogP) is 4.10. The van der Waals surface area contributed by atoms with Crippen LogP contribution in [0.25, 0.3) is 6.08 Å². The monoisotopic (exact) mass is 289 g/mol. The molecule has 0 amide bonds. The van der Waals surface area contributed by atoms with E-state index in [-0.39, 0.29) is 5.75 Å². The lowest BCUT2D eigenvalue weighted by Gasteiger charge is -2.17. The molecule has 0 bridgehead atoms. The molecule has 3 N–H and O–H groups in total.